The standard InChI is InChI=1S/C35H45N7O6S/c1-20-9-5-6-10-23-18-35(23,32(45)40-49(46,47)34(4)17-22(34)3)39-29(43)27-16-24(19-42(27)31(44)28(36)21(2)15-20)48-30-25-11-7-8-12-26(25)41-14-13-37-33(41)38-30/h6-8,10-14,20-24,27-28H,5,9,15-19,36H2,1-4H3,(H,39,43)(H,40,45)/b10-6-/t20?,21-,22?,23-,24-,27+,28+,34?,35-/m1/s1. The van der Waals surface area contributed by atoms with Crippen LogP contribution >= 0.6 is 0 Å². The third-order valence-electron chi connectivity index (χ3n) is 11.4. The maximum Gasteiger partial charge on any atom is 0.259 e. The number of sulfonamides is 1. The van der Waals surface area contributed by atoms with Gasteiger partial charge in [0.25, 0.3) is 5.91 Å². The van der Waals surface area contributed by atoms with Crippen molar-refractivity contribution in [3.05, 3.63) is 48.8 Å². The molecule has 4 heterocycles. The molecule has 1 saturated heterocycles. The van der Waals surface area contributed by atoms with Gasteiger partial charge in [-0.2, -0.15) is 4.98 Å². The second-order valence-corrected chi connectivity index (χ2v) is 17.1. The van der Waals surface area contributed by atoms with Crippen LogP contribution in [0.25, 0.3) is 16.7 Å². The van der Waals surface area contributed by atoms with Crippen molar-refractivity contribution in [2.24, 2.45) is 29.4 Å². The first-order chi connectivity index (χ1) is 23.2. The van der Waals surface area contributed by atoms with E-state index >= 15 is 0 Å². The van der Waals surface area contributed by atoms with Crippen LogP contribution in [-0.2, 0) is 24.4 Å². The van der Waals surface area contributed by atoms with Crippen molar-refractivity contribution in [3.8, 4) is 5.88 Å². The third kappa shape index (κ3) is 5.86. The molecule has 0 radical (unpaired) electrons. The van der Waals surface area contributed by atoms with E-state index in [0.29, 0.717) is 18.1 Å². The van der Waals surface area contributed by atoms with Crippen LogP contribution in [0.5, 0.6) is 5.88 Å². The molecule has 0 spiro atoms. The lowest BCUT2D eigenvalue weighted by atomic mass is 9.88. The van der Waals surface area contributed by atoms with Gasteiger partial charge in [-0.15, -0.1) is 0 Å². The number of allylic oxidation sites excluding steroid dienone is 1. The summed E-state index contributed by atoms with van der Waals surface area (Å²) in [6.07, 6.45) is 9.90. The van der Waals surface area contributed by atoms with E-state index in [4.69, 9.17) is 10.5 Å². The molecule has 3 amide bonds. The summed E-state index contributed by atoms with van der Waals surface area (Å²) in [5, 5.41) is 3.66. The summed E-state index contributed by atoms with van der Waals surface area (Å²) < 4.78 is 36.1. The van der Waals surface area contributed by atoms with Crippen LogP contribution in [0.2, 0.25) is 0 Å². The van der Waals surface area contributed by atoms with E-state index in [1.54, 1.807) is 13.1 Å². The molecule has 2 aliphatic heterocycles. The predicted octanol–water partition coefficient (Wildman–Crippen LogP) is 2.69. The molecular formula is C35H45N7O6S. The van der Waals surface area contributed by atoms with E-state index < -0.39 is 56.2 Å². The molecule has 2 saturated carbocycles. The maximum absolute atomic E-state index is 14.3. The molecular weight excluding hydrogens is 646 g/mol. The van der Waals surface area contributed by atoms with Gasteiger partial charge in [-0.3, -0.25) is 23.5 Å². The maximum atomic E-state index is 14.3. The van der Waals surface area contributed by atoms with Crippen LogP contribution in [0.4, 0.5) is 0 Å². The van der Waals surface area contributed by atoms with Crippen LogP contribution in [0.3, 0.4) is 0 Å². The lowest BCUT2D eigenvalue weighted by Gasteiger charge is -2.30. The number of nitrogens with one attached hydrogen (secondary N) is 2. The Balaban J connectivity index is 1.20. The number of imidazole rings is 1. The smallest absolute Gasteiger partial charge is 0.259 e. The zero-order valence-corrected chi connectivity index (χ0v) is 29.2. The molecule has 49 heavy (non-hydrogen) atoms. The van der Waals surface area contributed by atoms with Crippen LogP contribution in [-0.4, -0.2) is 80.4 Å². The lowest BCUT2D eigenvalue weighted by Crippen LogP contribution is -2.58. The Kier molecular flexibility index (Phi) is 8.25. The van der Waals surface area contributed by atoms with Gasteiger partial charge in [0.05, 0.1) is 28.2 Å². The number of nitrogens with zero attached hydrogens (tertiary/aromatic N) is 4. The van der Waals surface area contributed by atoms with Gasteiger partial charge in [-0.1, -0.05) is 45.1 Å². The SMILES string of the molecule is CC1CC/C=C\[C@@H]2C[C@@]2(C(=O)NS(=O)(=O)C2(C)CC2C)NC(=O)[C@@H]2C[C@@H](Oc3nc4nccn4c4ccccc34)CN2C(=O)[C@@H](N)[C@H](C)C1. The van der Waals surface area contributed by atoms with Crippen molar-refractivity contribution in [3.63, 3.8) is 0 Å². The second kappa shape index (κ2) is 12.1. The summed E-state index contributed by atoms with van der Waals surface area (Å²) in [5.41, 5.74) is 5.97. The molecule has 3 aromatic rings. The van der Waals surface area contributed by atoms with Crippen molar-refractivity contribution in [1.82, 2.24) is 29.3 Å². The fraction of sp³-hybridized carbons (Fsp3) is 0.571. The lowest BCUT2D eigenvalue weighted by molar-refractivity contribution is -0.141. The van der Waals surface area contributed by atoms with Gasteiger partial charge in [-0.25, -0.2) is 13.4 Å². The number of para-hydroxylation sites is 1. The molecule has 4 aliphatic rings. The minimum absolute atomic E-state index is 0.0790. The molecule has 2 aliphatic carbocycles. The third-order valence-corrected chi connectivity index (χ3v) is 13.7. The number of fused-ring (bicyclic) bond motifs is 5. The van der Waals surface area contributed by atoms with Gasteiger partial charge in [0.1, 0.15) is 17.7 Å². The van der Waals surface area contributed by atoms with Crippen molar-refractivity contribution in [2.45, 2.75) is 94.7 Å². The minimum Gasteiger partial charge on any atom is -0.472 e. The average molecular weight is 692 g/mol. The molecule has 3 fully saturated rings. The number of carbonyl (C=O) groups is 3. The summed E-state index contributed by atoms with van der Waals surface area (Å²) in [5.74, 6) is -1.25. The number of amides is 3. The molecule has 9 atom stereocenters. The van der Waals surface area contributed by atoms with Gasteiger partial charge < -0.3 is 20.7 Å². The Morgan fingerprint density at radius 1 is 1.14 bits per heavy atom. The predicted molar refractivity (Wildman–Crippen MR) is 183 cm³/mol. The van der Waals surface area contributed by atoms with Crippen molar-refractivity contribution in [1.29, 1.82) is 0 Å². The number of carbonyl (C=O) groups excluding carboxylic acids is 3. The van der Waals surface area contributed by atoms with Gasteiger partial charge in [0.2, 0.25) is 33.5 Å². The van der Waals surface area contributed by atoms with Gasteiger partial charge in [0.15, 0.2) is 0 Å². The van der Waals surface area contributed by atoms with E-state index in [-0.39, 0.29) is 43.0 Å². The quantitative estimate of drug-likeness (QED) is 0.340. The van der Waals surface area contributed by atoms with E-state index in [1.165, 1.54) is 4.90 Å². The molecule has 0 bridgehead atoms. The van der Waals surface area contributed by atoms with E-state index in [0.717, 1.165) is 30.2 Å². The highest BCUT2D eigenvalue weighted by molar-refractivity contribution is 7.91. The Labute approximate surface area is 286 Å². The molecule has 1 aromatic carbocycles. The van der Waals surface area contributed by atoms with Crippen LogP contribution in [0.15, 0.2) is 48.8 Å². The summed E-state index contributed by atoms with van der Waals surface area (Å²) in [6.45, 7) is 7.62. The van der Waals surface area contributed by atoms with E-state index in [1.807, 2.05) is 60.9 Å². The molecule has 14 heteroatoms. The summed E-state index contributed by atoms with van der Waals surface area (Å²) >= 11 is 0. The molecule has 13 nitrogen and oxygen atoms in total. The number of rotatable bonds is 5. The largest absolute Gasteiger partial charge is 0.472 e. The minimum atomic E-state index is -3.99. The summed E-state index contributed by atoms with van der Waals surface area (Å²) in [6, 6.07) is 5.76. The Morgan fingerprint density at radius 3 is 2.65 bits per heavy atom. The number of hydrogen-bond donors (Lipinski definition) is 3. The zero-order chi connectivity index (χ0) is 34.9. The first-order valence-corrected chi connectivity index (χ1v) is 18.7. The fourth-order valence-electron chi connectivity index (χ4n) is 7.72. The highest BCUT2D eigenvalue weighted by atomic mass is 32.2. The van der Waals surface area contributed by atoms with Crippen LogP contribution in [0.1, 0.15) is 66.2 Å². The summed E-state index contributed by atoms with van der Waals surface area (Å²) in [4.78, 5) is 52.6. The first kappa shape index (κ1) is 33.5. The number of nitrogens with two attached hydrogens (primary N) is 1. The van der Waals surface area contributed by atoms with Crippen LogP contribution < -0.4 is 20.5 Å². The number of benzene rings is 1. The van der Waals surface area contributed by atoms with Crippen LogP contribution in [0, 0.1) is 23.7 Å². The van der Waals surface area contributed by atoms with Crippen molar-refractivity contribution in [2.75, 3.05) is 6.54 Å². The topological polar surface area (TPSA) is 178 Å². The van der Waals surface area contributed by atoms with Gasteiger partial charge >= 0.3 is 0 Å². The van der Waals surface area contributed by atoms with Crippen molar-refractivity contribution >= 4 is 44.4 Å². The number of hydrogen-bond acceptors (Lipinski definition) is 9. The second-order valence-electron chi connectivity index (χ2n) is 15.0. The fourth-order valence-corrected chi connectivity index (χ4v) is 9.38. The Hall–Kier alpha value is -4.04. The van der Waals surface area contributed by atoms with E-state index in [9.17, 15) is 22.8 Å². The molecule has 4 N–H and O–H groups in total. The van der Waals surface area contributed by atoms with Gasteiger partial charge in [-0.05, 0) is 68.9 Å². The van der Waals surface area contributed by atoms with Gasteiger partial charge in [0, 0.05) is 24.7 Å². The normalized spacial score (nSPS) is 35.9. The highest BCUT2D eigenvalue weighted by Gasteiger charge is 2.64. The molecule has 3 unspecified atom stereocenters. The number of aromatic nitrogens is 3. The van der Waals surface area contributed by atoms with Crippen molar-refractivity contribution < 1.29 is 27.5 Å². The molecule has 262 valence electrons. The summed E-state index contributed by atoms with van der Waals surface area (Å²) in [7, 11) is -3.99. The average Bonchev–Trinajstić information content (AvgIpc) is 3.72. The van der Waals surface area contributed by atoms with E-state index in [2.05, 4.69) is 26.9 Å². The molecule has 2 aromatic heterocycles. The Morgan fingerprint density at radius 2 is 1.90 bits per heavy atom. The highest BCUT2D eigenvalue weighted by Crippen LogP contribution is 2.50. The monoisotopic (exact) mass is 691 g/mol. The Bertz CT molecular complexity index is 1960. The first-order valence-electron chi connectivity index (χ1n) is 17.2. The number of ether oxygens (including phenoxy) is 1. The molecule has 7 rings (SSSR count). The zero-order valence-electron chi connectivity index (χ0n) is 28.3.